The first-order chi connectivity index (χ1) is 12.7. The van der Waals surface area contributed by atoms with Crippen LogP contribution >= 0.6 is 0 Å². The van der Waals surface area contributed by atoms with Crippen molar-refractivity contribution >= 4 is 17.4 Å². The van der Waals surface area contributed by atoms with Gasteiger partial charge in [0.25, 0.3) is 5.91 Å². The van der Waals surface area contributed by atoms with E-state index in [9.17, 15) is 4.79 Å². The summed E-state index contributed by atoms with van der Waals surface area (Å²) in [5.74, 6) is 1.37. The molecule has 1 fully saturated rings. The Morgan fingerprint density at radius 2 is 1.81 bits per heavy atom. The van der Waals surface area contributed by atoms with E-state index in [1.807, 2.05) is 36.1 Å². The fourth-order valence-corrected chi connectivity index (χ4v) is 2.88. The van der Waals surface area contributed by atoms with E-state index in [-0.39, 0.29) is 5.91 Å². The van der Waals surface area contributed by atoms with E-state index in [2.05, 4.69) is 27.1 Å². The van der Waals surface area contributed by atoms with Gasteiger partial charge < -0.3 is 19.9 Å². The van der Waals surface area contributed by atoms with Gasteiger partial charge in [-0.15, -0.1) is 0 Å². The Balaban J connectivity index is 1.58. The van der Waals surface area contributed by atoms with Crippen LogP contribution in [0, 0.1) is 0 Å². The molecule has 0 bridgehead atoms. The maximum absolute atomic E-state index is 12.5. The van der Waals surface area contributed by atoms with Crippen LogP contribution in [0.4, 0.5) is 11.5 Å². The number of aromatic nitrogens is 2. The van der Waals surface area contributed by atoms with Crippen LogP contribution in [-0.4, -0.2) is 65.0 Å². The van der Waals surface area contributed by atoms with Crippen LogP contribution in [0.2, 0.25) is 0 Å². The fourth-order valence-electron chi connectivity index (χ4n) is 2.88. The number of carbonyl (C=O) groups excluding carboxylic acids is 1. The molecule has 1 aromatic carbocycles. The summed E-state index contributed by atoms with van der Waals surface area (Å²) in [4.78, 5) is 25.3. The van der Waals surface area contributed by atoms with Crippen molar-refractivity contribution in [1.82, 2.24) is 19.8 Å². The molecule has 1 amide bonds. The molecule has 2 aromatic rings. The number of anilines is 2. The van der Waals surface area contributed by atoms with Gasteiger partial charge in [0.15, 0.2) is 0 Å². The summed E-state index contributed by atoms with van der Waals surface area (Å²) < 4.78 is 5.42. The lowest BCUT2D eigenvalue weighted by Gasteiger charge is -2.33. The lowest BCUT2D eigenvalue weighted by atomic mass is 10.3. The fraction of sp³-hybridized carbons (Fsp3) is 0.421. The molecule has 7 heteroatoms. The summed E-state index contributed by atoms with van der Waals surface area (Å²) in [6, 6.07) is 7.62. The Kier molecular flexibility index (Phi) is 6.01. The summed E-state index contributed by atoms with van der Waals surface area (Å²) in [6.45, 7) is 9.05. The highest BCUT2D eigenvalue weighted by Gasteiger charge is 2.22. The minimum Gasteiger partial charge on any atom is -0.494 e. The number of carbonyl (C=O) groups is 1. The second-order valence-electron chi connectivity index (χ2n) is 6.10. The molecule has 0 unspecified atom stereocenters. The van der Waals surface area contributed by atoms with Crippen LogP contribution < -0.4 is 10.1 Å². The molecule has 0 aliphatic carbocycles. The molecule has 0 radical (unpaired) electrons. The van der Waals surface area contributed by atoms with Gasteiger partial charge in [0.05, 0.1) is 19.0 Å². The number of hydrogen-bond acceptors (Lipinski definition) is 6. The van der Waals surface area contributed by atoms with Crippen LogP contribution in [-0.2, 0) is 0 Å². The molecule has 0 saturated carbocycles. The highest BCUT2D eigenvalue weighted by atomic mass is 16.5. The monoisotopic (exact) mass is 355 g/mol. The number of likely N-dealkylation sites (N-methyl/N-ethyl adjacent to an activating group) is 1. The topological polar surface area (TPSA) is 70.6 Å². The van der Waals surface area contributed by atoms with Crippen LogP contribution in [0.5, 0.6) is 5.75 Å². The van der Waals surface area contributed by atoms with Crippen molar-refractivity contribution < 1.29 is 9.53 Å². The van der Waals surface area contributed by atoms with Crippen LogP contribution in [0.15, 0.2) is 36.7 Å². The quantitative estimate of drug-likeness (QED) is 0.858. The summed E-state index contributed by atoms with van der Waals surface area (Å²) in [7, 11) is 0. The standard InChI is InChI=1S/C19H25N5O2/c1-3-23-9-11-24(12-10-23)19(25)17-13-21-18(14-20-17)22-15-5-7-16(8-6-15)26-4-2/h5-8,13-14H,3-4,9-12H2,1-2H3,(H,21,22). The third-order valence-corrected chi connectivity index (χ3v) is 4.42. The second kappa shape index (κ2) is 8.62. The average molecular weight is 355 g/mol. The smallest absolute Gasteiger partial charge is 0.274 e. The third kappa shape index (κ3) is 4.49. The molecular formula is C19H25N5O2. The van der Waals surface area contributed by atoms with Crippen molar-refractivity contribution in [2.45, 2.75) is 13.8 Å². The predicted octanol–water partition coefficient (Wildman–Crippen LogP) is 2.40. The molecule has 0 spiro atoms. The number of hydrogen-bond donors (Lipinski definition) is 1. The van der Waals surface area contributed by atoms with Gasteiger partial charge in [0.1, 0.15) is 17.3 Å². The number of piperazine rings is 1. The zero-order valence-electron chi connectivity index (χ0n) is 15.3. The maximum atomic E-state index is 12.5. The minimum absolute atomic E-state index is 0.0547. The molecule has 138 valence electrons. The van der Waals surface area contributed by atoms with E-state index in [1.165, 1.54) is 6.20 Å². The normalized spacial score (nSPS) is 14.9. The zero-order chi connectivity index (χ0) is 18.4. The highest BCUT2D eigenvalue weighted by molar-refractivity contribution is 5.92. The first-order valence-electron chi connectivity index (χ1n) is 9.03. The van der Waals surface area contributed by atoms with E-state index < -0.39 is 0 Å². The first kappa shape index (κ1) is 18.1. The molecule has 1 aromatic heterocycles. The summed E-state index contributed by atoms with van der Waals surface area (Å²) in [5, 5.41) is 3.17. The molecule has 2 heterocycles. The molecule has 1 N–H and O–H groups in total. The molecule has 7 nitrogen and oxygen atoms in total. The number of nitrogens with zero attached hydrogens (tertiary/aromatic N) is 4. The molecule has 26 heavy (non-hydrogen) atoms. The SMILES string of the molecule is CCOc1ccc(Nc2cnc(C(=O)N3CCN(CC)CC3)cn2)cc1. The van der Waals surface area contributed by atoms with E-state index in [0.29, 0.717) is 18.1 Å². The Hall–Kier alpha value is -2.67. The molecule has 1 aliphatic rings. The minimum atomic E-state index is -0.0547. The molecular weight excluding hydrogens is 330 g/mol. The van der Waals surface area contributed by atoms with E-state index in [0.717, 1.165) is 44.2 Å². The number of nitrogens with one attached hydrogen (secondary N) is 1. The lowest BCUT2D eigenvalue weighted by molar-refractivity contribution is 0.0637. The van der Waals surface area contributed by atoms with Crippen molar-refractivity contribution in [3.05, 3.63) is 42.4 Å². The lowest BCUT2D eigenvalue weighted by Crippen LogP contribution is -2.48. The number of benzene rings is 1. The molecule has 1 saturated heterocycles. The maximum Gasteiger partial charge on any atom is 0.274 e. The summed E-state index contributed by atoms with van der Waals surface area (Å²) >= 11 is 0. The molecule has 0 atom stereocenters. The Bertz CT molecular complexity index is 710. The molecule has 1 aliphatic heterocycles. The van der Waals surface area contributed by atoms with Gasteiger partial charge in [0.2, 0.25) is 0 Å². The van der Waals surface area contributed by atoms with Crippen molar-refractivity contribution in [2.75, 3.05) is 44.6 Å². The van der Waals surface area contributed by atoms with Crippen LogP contribution in [0.25, 0.3) is 0 Å². The Morgan fingerprint density at radius 3 is 2.38 bits per heavy atom. The van der Waals surface area contributed by atoms with Gasteiger partial charge in [-0.2, -0.15) is 0 Å². The van der Waals surface area contributed by atoms with E-state index in [1.54, 1.807) is 6.20 Å². The summed E-state index contributed by atoms with van der Waals surface area (Å²) in [5.41, 5.74) is 1.27. The second-order valence-corrected chi connectivity index (χ2v) is 6.10. The number of ether oxygens (including phenoxy) is 1. The van der Waals surface area contributed by atoms with Gasteiger partial charge in [0, 0.05) is 31.9 Å². The largest absolute Gasteiger partial charge is 0.494 e. The Morgan fingerprint density at radius 1 is 1.08 bits per heavy atom. The van der Waals surface area contributed by atoms with Crippen LogP contribution in [0.1, 0.15) is 24.3 Å². The van der Waals surface area contributed by atoms with E-state index >= 15 is 0 Å². The van der Waals surface area contributed by atoms with Gasteiger partial charge in [-0.3, -0.25) is 4.79 Å². The predicted molar refractivity (Wildman–Crippen MR) is 101 cm³/mol. The average Bonchev–Trinajstić information content (AvgIpc) is 2.70. The van der Waals surface area contributed by atoms with Crippen molar-refractivity contribution in [3.8, 4) is 5.75 Å². The van der Waals surface area contributed by atoms with Crippen LogP contribution in [0.3, 0.4) is 0 Å². The number of amides is 1. The first-order valence-corrected chi connectivity index (χ1v) is 9.03. The van der Waals surface area contributed by atoms with Gasteiger partial charge >= 0.3 is 0 Å². The zero-order valence-corrected chi connectivity index (χ0v) is 15.3. The summed E-state index contributed by atoms with van der Waals surface area (Å²) in [6.07, 6.45) is 3.12. The number of rotatable bonds is 6. The van der Waals surface area contributed by atoms with Crippen molar-refractivity contribution in [2.24, 2.45) is 0 Å². The Labute approximate surface area is 154 Å². The third-order valence-electron chi connectivity index (χ3n) is 4.42. The highest BCUT2D eigenvalue weighted by Crippen LogP contribution is 2.18. The van der Waals surface area contributed by atoms with Gasteiger partial charge in [-0.05, 0) is 37.7 Å². The van der Waals surface area contributed by atoms with E-state index in [4.69, 9.17) is 4.74 Å². The van der Waals surface area contributed by atoms with Crippen molar-refractivity contribution in [1.29, 1.82) is 0 Å². The van der Waals surface area contributed by atoms with Crippen molar-refractivity contribution in [3.63, 3.8) is 0 Å². The molecule has 3 rings (SSSR count). The van der Waals surface area contributed by atoms with Gasteiger partial charge in [-0.1, -0.05) is 6.92 Å². The van der Waals surface area contributed by atoms with Gasteiger partial charge in [-0.25, -0.2) is 9.97 Å².